The Kier molecular flexibility index (Phi) is 4.79. The monoisotopic (exact) mass is 576 g/mol. The summed E-state index contributed by atoms with van der Waals surface area (Å²) in [4.78, 5) is 4.95. The van der Waals surface area contributed by atoms with E-state index in [1.807, 2.05) is 18.2 Å². The van der Waals surface area contributed by atoms with Crippen molar-refractivity contribution in [1.29, 1.82) is 0 Å². The van der Waals surface area contributed by atoms with Crippen molar-refractivity contribution in [2.24, 2.45) is 0 Å². The Labute approximate surface area is 260 Å². The van der Waals surface area contributed by atoms with Gasteiger partial charge < -0.3 is 8.98 Å². The van der Waals surface area contributed by atoms with Crippen molar-refractivity contribution in [2.45, 2.75) is 19.3 Å². The molecule has 0 radical (unpaired) electrons. The van der Waals surface area contributed by atoms with Gasteiger partial charge in [-0.3, -0.25) is 0 Å². The van der Waals surface area contributed by atoms with Gasteiger partial charge in [-0.05, 0) is 70.3 Å². The van der Waals surface area contributed by atoms with Crippen molar-refractivity contribution in [3.05, 3.63) is 145 Å². The van der Waals surface area contributed by atoms with Crippen molar-refractivity contribution < 1.29 is 4.42 Å². The maximum atomic E-state index is 6.31. The van der Waals surface area contributed by atoms with Crippen LogP contribution in [0.25, 0.3) is 82.7 Å². The van der Waals surface area contributed by atoms with Gasteiger partial charge in [0.05, 0.1) is 21.9 Å². The van der Waals surface area contributed by atoms with Crippen LogP contribution in [0.2, 0.25) is 0 Å². The van der Waals surface area contributed by atoms with Gasteiger partial charge in [-0.2, -0.15) is 0 Å². The fourth-order valence-electron chi connectivity index (χ4n) is 7.92. The van der Waals surface area contributed by atoms with E-state index in [0.717, 1.165) is 44.1 Å². The van der Waals surface area contributed by atoms with E-state index in [4.69, 9.17) is 9.40 Å². The number of hydrogen-bond acceptors (Lipinski definition) is 2. The van der Waals surface area contributed by atoms with Gasteiger partial charge >= 0.3 is 0 Å². The molecule has 1 aliphatic carbocycles. The van der Waals surface area contributed by atoms with Gasteiger partial charge in [-0.25, -0.2) is 4.98 Å². The van der Waals surface area contributed by atoms with Crippen LogP contribution in [0.5, 0.6) is 0 Å². The van der Waals surface area contributed by atoms with Gasteiger partial charge in [0.1, 0.15) is 5.58 Å². The molecular weight excluding hydrogens is 548 g/mol. The second-order valence-corrected chi connectivity index (χ2v) is 12.8. The zero-order valence-electron chi connectivity index (χ0n) is 25.0. The molecule has 0 saturated carbocycles. The molecule has 3 heterocycles. The van der Waals surface area contributed by atoms with Gasteiger partial charge in [0.2, 0.25) is 5.71 Å². The fourth-order valence-corrected chi connectivity index (χ4v) is 7.92. The molecule has 0 unspecified atom stereocenters. The smallest absolute Gasteiger partial charge is 0.228 e. The lowest BCUT2D eigenvalue weighted by molar-refractivity contribution is 0.656. The topological polar surface area (TPSA) is 31.0 Å². The number of hydrogen-bond donors (Lipinski definition) is 0. The molecule has 10 rings (SSSR count). The summed E-state index contributed by atoms with van der Waals surface area (Å²) in [5.74, 6) is 0. The summed E-state index contributed by atoms with van der Waals surface area (Å²) in [6.45, 7) is 4.71. The van der Waals surface area contributed by atoms with Crippen molar-refractivity contribution in [3.8, 4) is 27.9 Å². The zero-order valence-corrected chi connectivity index (χ0v) is 25.0. The predicted molar refractivity (Wildman–Crippen MR) is 186 cm³/mol. The number of para-hydroxylation sites is 3. The highest BCUT2D eigenvalue weighted by Crippen LogP contribution is 2.51. The quantitative estimate of drug-likeness (QED) is 0.205. The molecule has 0 aliphatic heterocycles. The molecule has 0 atom stereocenters. The number of pyridine rings is 1. The number of benzene rings is 6. The van der Waals surface area contributed by atoms with Gasteiger partial charge in [-0.1, -0.05) is 105 Å². The molecule has 6 aromatic carbocycles. The van der Waals surface area contributed by atoms with Crippen LogP contribution in [-0.2, 0) is 5.41 Å². The summed E-state index contributed by atoms with van der Waals surface area (Å²) >= 11 is 0. The molecule has 3 heteroatoms. The molecule has 0 bridgehead atoms. The SMILES string of the molecule is CC1(C)c2ccccc2-c2cc3c4ccccc4n(-c4cccc(-c5c6ccccc6nc6oc7ccccc7c56)c4)c3cc21. The Hall–Kier alpha value is -5.67. The molecule has 9 aromatic rings. The highest BCUT2D eigenvalue weighted by molar-refractivity contribution is 6.19. The van der Waals surface area contributed by atoms with E-state index in [1.54, 1.807) is 0 Å². The van der Waals surface area contributed by atoms with Crippen molar-refractivity contribution in [1.82, 2.24) is 9.55 Å². The van der Waals surface area contributed by atoms with Crippen LogP contribution in [-0.4, -0.2) is 9.55 Å². The highest BCUT2D eigenvalue weighted by atomic mass is 16.3. The molecular formula is C42H28N2O. The average molecular weight is 577 g/mol. The van der Waals surface area contributed by atoms with E-state index in [-0.39, 0.29) is 5.41 Å². The first kappa shape index (κ1) is 24.7. The van der Waals surface area contributed by atoms with E-state index >= 15 is 0 Å². The fraction of sp³-hybridized carbons (Fsp3) is 0.0714. The van der Waals surface area contributed by atoms with Crippen LogP contribution in [0, 0.1) is 0 Å². The van der Waals surface area contributed by atoms with Crippen LogP contribution >= 0.6 is 0 Å². The van der Waals surface area contributed by atoms with E-state index in [1.165, 1.54) is 44.1 Å². The standard InChI is InChI=1S/C42H28N2O/c1-42(2)33-18-7-3-14-27(33)31-23-32-28-15-5-9-20-36(28)44(37(32)24-34(31)42)26-13-11-12-25(22-26)39-29-16-4-8-19-35(29)43-41-40(39)30-17-6-10-21-38(30)45-41/h3-24H,1-2H3. The summed E-state index contributed by atoms with van der Waals surface area (Å²) in [5.41, 5.74) is 13.7. The van der Waals surface area contributed by atoms with Crippen LogP contribution < -0.4 is 0 Å². The third-order valence-corrected chi connectivity index (χ3v) is 9.99. The lowest BCUT2D eigenvalue weighted by atomic mass is 9.82. The molecule has 0 amide bonds. The molecule has 0 saturated heterocycles. The van der Waals surface area contributed by atoms with Crippen LogP contribution in [0.1, 0.15) is 25.0 Å². The predicted octanol–water partition coefficient (Wildman–Crippen LogP) is 11.2. The van der Waals surface area contributed by atoms with Crippen LogP contribution in [0.3, 0.4) is 0 Å². The molecule has 3 nitrogen and oxygen atoms in total. The summed E-state index contributed by atoms with van der Waals surface area (Å²) in [6, 6.07) is 48.2. The Morgan fingerprint density at radius 1 is 0.578 bits per heavy atom. The minimum absolute atomic E-state index is 0.0762. The first-order chi connectivity index (χ1) is 22.1. The molecule has 3 aromatic heterocycles. The molecule has 0 spiro atoms. The second-order valence-electron chi connectivity index (χ2n) is 12.8. The Morgan fingerprint density at radius 3 is 2.24 bits per heavy atom. The number of rotatable bonds is 2. The molecule has 0 N–H and O–H groups in total. The number of aromatic nitrogens is 2. The maximum Gasteiger partial charge on any atom is 0.228 e. The minimum Gasteiger partial charge on any atom is -0.438 e. The first-order valence-electron chi connectivity index (χ1n) is 15.6. The Morgan fingerprint density at radius 2 is 1.33 bits per heavy atom. The maximum absolute atomic E-state index is 6.31. The van der Waals surface area contributed by atoms with Gasteiger partial charge in [-0.15, -0.1) is 0 Å². The zero-order chi connectivity index (χ0) is 29.9. The molecule has 1 aliphatic rings. The normalized spacial score (nSPS) is 13.7. The van der Waals surface area contributed by atoms with E-state index in [9.17, 15) is 0 Å². The van der Waals surface area contributed by atoms with Gasteiger partial charge in [0, 0.05) is 38.2 Å². The lowest BCUT2D eigenvalue weighted by Gasteiger charge is -2.21. The lowest BCUT2D eigenvalue weighted by Crippen LogP contribution is -2.14. The summed E-state index contributed by atoms with van der Waals surface area (Å²) in [7, 11) is 0. The first-order valence-corrected chi connectivity index (χ1v) is 15.6. The highest BCUT2D eigenvalue weighted by Gasteiger charge is 2.36. The molecule has 45 heavy (non-hydrogen) atoms. The number of nitrogens with zero attached hydrogens (tertiary/aromatic N) is 2. The van der Waals surface area contributed by atoms with E-state index in [2.05, 4.69) is 134 Å². The summed E-state index contributed by atoms with van der Waals surface area (Å²) < 4.78 is 8.76. The third kappa shape index (κ3) is 3.27. The van der Waals surface area contributed by atoms with Crippen LogP contribution in [0.15, 0.2) is 138 Å². The van der Waals surface area contributed by atoms with Gasteiger partial charge in [0.25, 0.3) is 0 Å². The molecule has 0 fully saturated rings. The average Bonchev–Trinajstić information content (AvgIpc) is 3.68. The summed E-state index contributed by atoms with van der Waals surface area (Å²) in [6.07, 6.45) is 0. The van der Waals surface area contributed by atoms with Crippen molar-refractivity contribution >= 4 is 54.8 Å². The van der Waals surface area contributed by atoms with Crippen LogP contribution in [0.4, 0.5) is 0 Å². The number of fused-ring (bicyclic) bond motifs is 10. The Balaban J connectivity index is 1.28. The largest absolute Gasteiger partial charge is 0.438 e. The van der Waals surface area contributed by atoms with Crippen molar-refractivity contribution in [3.63, 3.8) is 0 Å². The minimum atomic E-state index is -0.0762. The molecule has 212 valence electrons. The van der Waals surface area contributed by atoms with Gasteiger partial charge in [0.15, 0.2) is 0 Å². The number of furan rings is 1. The van der Waals surface area contributed by atoms with E-state index in [0.29, 0.717) is 5.71 Å². The third-order valence-electron chi connectivity index (χ3n) is 9.99. The second kappa shape index (κ2) is 8.71. The Bertz CT molecular complexity index is 2690. The van der Waals surface area contributed by atoms with E-state index < -0.39 is 0 Å². The summed E-state index contributed by atoms with van der Waals surface area (Å²) in [5, 5.41) is 5.80. The van der Waals surface area contributed by atoms with Crippen molar-refractivity contribution in [2.75, 3.05) is 0 Å².